The lowest BCUT2D eigenvalue weighted by Gasteiger charge is -2.65. The fourth-order valence-corrected chi connectivity index (χ4v) is 7.68. The normalized spacial score (nSPS) is 53.9. The molecule has 1 N–H and O–H groups in total. The smallest absolute Gasteiger partial charge is 0.302 e. The molecule has 0 aromatic heterocycles. The molecule has 1 unspecified atom stereocenters. The van der Waals surface area contributed by atoms with E-state index in [1.54, 1.807) is 0 Å². The minimum absolute atomic E-state index is 0.0159. The third-order valence-corrected chi connectivity index (χ3v) is 8.90. The molecule has 0 radical (unpaired) electrons. The molecule has 0 saturated heterocycles. The van der Waals surface area contributed by atoms with Crippen molar-refractivity contribution in [2.24, 2.45) is 33.5 Å². The minimum atomic E-state index is -0.224. The van der Waals surface area contributed by atoms with Crippen LogP contribution in [0.5, 0.6) is 0 Å². The van der Waals surface area contributed by atoms with Crippen LogP contribution < -0.4 is 0 Å². The Morgan fingerprint density at radius 3 is 2.52 bits per heavy atom. The van der Waals surface area contributed by atoms with Crippen molar-refractivity contribution in [1.29, 1.82) is 0 Å². The SMILES string of the molecule is CC(=O)OC[C@@]1(C)CCC[C@]2(C)[C@@H]1CC[C@@]13C=C[C@@](C)(CC[C@@H]21)C3O. The second kappa shape index (κ2) is 5.34. The Morgan fingerprint density at radius 2 is 1.80 bits per heavy atom. The zero-order valence-electron chi connectivity index (χ0n) is 16.3. The summed E-state index contributed by atoms with van der Waals surface area (Å²) >= 11 is 0. The first-order chi connectivity index (χ1) is 11.7. The summed E-state index contributed by atoms with van der Waals surface area (Å²) in [5, 5.41) is 11.2. The Labute approximate surface area is 152 Å². The van der Waals surface area contributed by atoms with E-state index in [0.29, 0.717) is 18.4 Å². The van der Waals surface area contributed by atoms with Gasteiger partial charge in [0.2, 0.25) is 0 Å². The molecule has 4 aliphatic rings. The molecule has 0 amide bonds. The third kappa shape index (κ3) is 2.23. The molecule has 7 atom stereocenters. The maximum Gasteiger partial charge on any atom is 0.302 e. The van der Waals surface area contributed by atoms with Crippen LogP contribution in [0.15, 0.2) is 12.2 Å². The number of fused-ring (bicyclic) bond motifs is 3. The number of carbonyl (C=O) groups excluding carboxylic acids is 1. The Bertz CT molecular complexity index is 612. The van der Waals surface area contributed by atoms with Crippen molar-refractivity contribution < 1.29 is 14.6 Å². The van der Waals surface area contributed by atoms with Gasteiger partial charge in [-0.15, -0.1) is 0 Å². The van der Waals surface area contributed by atoms with Gasteiger partial charge in [-0.1, -0.05) is 39.3 Å². The highest BCUT2D eigenvalue weighted by atomic mass is 16.5. The van der Waals surface area contributed by atoms with Gasteiger partial charge in [0.25, 0.3) is 0 Å². The van der Waals surface area contributed by atoms with Crippen LogP contribution in [0, 0.1) is 33.5 Å². The van der Waals surface area contributed by atoms with Gasteiger partial charge in [-0.25, -0.2) is 0 Å². The minimum Gasteiger partial charge on any atom is -0.465 e. The Kier molecular flexibility index (Phi) is 3.76. The molecule has 2 bridgehead atoms. The summed E-state index contributed by atoms with van der Waals surface area (Å²) in [6.07, 6.45) is 12.6. The number of aliphatic hydroxyl groups is 1. The first-order valence-corrected chi connectivity index (χ1v) is 10.2. The molecule has 4 rings (SSSR count). The zero-order chi connectivity index (χ0) is 18.1. The maximum absolute atomic E-state index is 11.4. The van der Waals surface area contributed by atoms with E-state index in [4.69, 9.17) is 4.74 Å². The van der Waals surface area contributed by atoms with Crippen LogP contribution in [0.2, 0.25) is 0 Å². The van der Waals surface area contributed by atoms with Gasteiger partial charge in [-0.2, -0.15) is 0 Å². The van der Waals surface area contributed by atoms with Crippen molar-refractivity contribution in [3.63, 3.8) is 0 Å². The van der Waals surface area contributed by atoms with E-state index >= 15 is 0 Å². The van der Waals surface area contributed by atoms with Crippen LogP contribution in [-0.2, 0) is 9.53 Å². The van der Waals surface area contributed by atoms with Gasteiger partial charge in [0.05, 0.1) is 12.7 Å². The molecule has 3 nitrogen and oxygen atoms in total. The van der Waals surface area contributed by atoms with Gasteiger partial charge in [0, 0.05) is 23.2 Å². The monoisotopic (exact) mass is 346 g/mol. The molecule has 0 aromatic rings. The summed E-state index contributed by atoms with van der Waals surface area (Å²) in [5.74, 6) is 0.968. The lowest BCUT2D eigenvalue weighted by molar-refractivity contribution is -0.196. The second-order valence-corrected chi connectivity index (χ2v) is 10.3. The summed E-state index contributed by atoms with van der Waals surface area (Å²) < 4.78 is 5.51. The molecule has 3 saturated carbocycles. The topological polar surface area (TPSA) is 46.5 Å². The summed E-state index contributed by atoms with van der Waals surface area (Å²) in [4.78, 5) is 11.4. The molecule has 3 fully saturated rings. The fraction of sp³-hybridized carbons (Fsp3) is 0.864. The number of ether oxygens (including phenoxy) is 1. The van der Waals surface area contributed by atoms with E-state index in [9.17, 15) is 9.90 Å². The van der Waals surface area contributed by atoms with Crippen molar-refractivity contribution in [1.82, 2.24) is 0 Å². The van der Waals surface area contributed by atoms with Crippen LogP contribution in [-0.4, -0.2) is 23.8 Å². The largest absolute Gasteiger partial charge is 0.465 e. The lowest BCUT2D eigenvalue weighted by Crippen LogP contribution is -2.62. The number of hydrogen-bond acceptors (Lipinski definition) is 3. The maximum atomic E-state index is 11.4. The van der Waals surface area contributed by atoms with Gasteiger partial charge >= 0.3 is 5.97 Å². The fourth-order valence-electron chi connectivity index (χ4n) is 7.68. The molecule has 4 aliphatic carbocycles. The van der Waals surface area contributed by atoms with Crippen molar-refractivity contribution >= 4 is 5.97 Å². The number of hydrogen-bond donors (Lipinski definition) is 1. The molecular weight excluding hydrogens is 312 g/mol. The first-order valence-electron chi connectivity index (χ1n) is 10.2. The summed E-state index contributed by atoms with van der Waals surface area (Å²) in [6.45, 7) is 9.13. The highest BCUT2D eigenvalue weighted by Gasteiger charge is 2.67. The third-order valence-electron chi connectivity index (χ3n) is 8.90. The first kappa shape index (κ1) is 17.6. The van der Waals surface area contributed by atoms with E-state index in [1.807, 2.05) is 0 Å². The second-order valence-electron chi connectivity index (χ2n) is 10.3. The average Bonchev–Trinajstić information content (AvgIpc) is 2.70. The van der Waals surface area contributed by atoms with Crippen molar-refractivity contribution in [2.75, 3.05) is 6.61 Å². The molecule has 1 spiro atoms. The average molecular weight is 347 g/mol. The molecule has 3 heteroatoms. The van der Waals surface area contributed by atoms with Crippen LogP contribution in [0.4, 0.5) is 0 Å². The molecule has 0 aromatic carbocycles. The predicted octanol–water partition coefficient (Wildman–Crippen LogP) is 4.49. The van der Waals surface area contributed by atoms with Gasteiger partial charge in [-0.05, 0) is 55.8 Å². The standard InChI is InChI=1S/C22H34O3/c1-15(23)25-14-20(3)8-5-9-21(4)16(20)7-11-22-13-12-19(2,18(22)24)10-6-17(21)22/h12-13,16-18,24H,5-11,14H2,1-4H3/t16-,17+,18?,19-,20-,21-,22-/m1/s1. The quantitative estimate of drug-likeness (QED) is 0.592. The van der Waals surface area contributed by atoms with E-state index in [1.165, 1.54) is 26.2 Å². The van der Waals surface area contributed by atoms with Crippen LogP contribution in [0.1, 0.15) is 72.6 Å². The summed E-state index contributed by atoms with van der Waals surface area (Å²) in [6, 6.07) is 0. The van der Waals surface area contributed by atoms with Crippen molar-refractivity contribution in [2.45, 2.75) is 78.7 Å². The Balaban J connectivity index is 1.68. The van der Waals surface area contributed by atoms with E-state index in [0.717, 1.165) is 25.7 Å². The van der Waals surface area contributed by atoms with Crippen LogP contribution in [0.3, 0.4) is 0 Å². The Morgan fingerprint density at radius 1 is 1.08 bits per heavy atom. The molecular formula is C22H34O3. The number of aliphatic hydroxyl groups excluding tert-OH is 1. The highest BCUT2D eigenvalue weighted by molar-refractivity contribution is 5.65. The number of carbonyl (C=O) groups is 1. The molecule has 25 heavy (non-hydrogen) atoms. The van der Waals surface area contributed by atoms with E-state index in [2.05, 4.69) is 32.9 Å². The van der Waals surface area contributed by atoms with Crippen LogP contribution >= 0.6 is 0 Å². The summed E-state index contributed by atoms with van der Waals surface area (Å²) in [5.41, 5.74) is 0.282. The van der Waals surface area contributed by atoms with Crippen molar-refractivity contribution in [3.05, 3.63) is 12.2 Å². The van der Waals surface area contributed by atoms with E-state index in [-0.39, 0.29) is 33.7 Å². The number of esters is 1. The van der Waals surface area contributed by atoms with E-state index < -0.39 is 0 Å². The van der Waals surface area contributed by atoms with Crippen molar-refractivity contribution in [3.8, 4) is 0 Å². The molecule has 140 valence electrons. The summed E-state index contributed by atoms with van der Waals surface area (Å²) in [7, 11) is 0. The van der Waals surface area contributed by atoms with Gasteiger partial charge in [0.15, 0.2) is 0 Å². The molecule has 0 aliphatic heterocycles. The highest BCUT2D eigenvalue weighted by Crippen LogP contribution is 2.71. The lowest BCUT2D eigenvalue weighted by atomic mass is 9.40. The Hall–Kier alpha value is -0.830. The van der Waals surface area contributed by atoms with Crippen LogP contribution in [0.25, 0.3) is 0 Å². The number of rotatable bonds is 2. The molecule has 0 heterocycles. The predicted molar refractivity (Wildman–Crippen MR) is 97.8 cm³/mol. The van der Waals surface area contributed by atoms with Gasteiger partial charge in [0.1, 0.15) is 0 Å². The van der Waals surface area contributed by atoms with Gasteiger partial charge < -0.3 is 9.84 Å². The zero-order valence-corrected chi connectivity index (χ0v) is 16.3. The van der Waals surface area contributed by atoms with Gasteiger partial charge in [-0.3, -0.25) is 4.79 Å².